The number of aryl methyl sites for hydroxylation is 2. The number of fused-ring (bicyclic) bond motifs is 1. The first-order valence-corrected chi connectivity index (χ1v) is 7.22. The number of hydrogen-bond acceptors (Lipinski definition) is 4. The van der Waals surface area contributed by atoms with Gasteiger partial charge in [-0.25, -0.2) is 4.98 Å². The van der Waals surface area contributed by atoms with Gasteiger partial charge in [0.15, 0.2) is 0 Å². The average Bonchev–Trinajstić information content (AvgIpc) is 2.89. The molecule has 0 saturated carbocycles. The maximum Gasteiger partial charge on any atom is 0.259 e. The van der Waals surface area contributed by atoms with Gasteiger partial charge in [0, 0.05) is 12.1 Å². The second kappa shape index (κ2) is 5.60. The molecule has 0 saturated heterocycles. The lowest BCUT2D eigenvalue weighted by Crippen LogP contribution is -2.23. The van der Waals surface area contributed by atoms with Gasteiger partial charge in [-0.05, 0) is 26.8 Å². The second-order valence-corrected chi connectivity index (χ2v) is 5.23. The third-order valence-electron chi connectivity index (χ3n) is 3.55. The quantitative estimate of drug-likeness (QED) is 0.805. The normalized spacial score (nSPS) is 10.9. The first kappa shape index (κ1) is 14.3. The van der Waals surface area contributed by atoms with Crippen LogP contribution in [0.25, 0.3) is 22.4 Å². The lowest BCUT2D eigenvalue weighted by molar-refractivity contribution is 0.0957. The fourth-order valence-corrected chi connectivity index (χ4v) is 2.40. The molecule has 3 aromatic rings. The number of amides is 1. The zero-order valence-electron chi connectivity index (χ0n) is 12.8. The summed E-state index contributed by atoms with van der Waals surface area (Å²) in [5.74, 6) is -0.144. The minimum atomic E-state index is -0.144. The number of pyridine rings is 1. The van der Waals surface area contributed by atoms with E-state index in [2.05, 4.69) is 15.5 Å². The van der Waals surface area contributed by atoms with Crippen molar-refractivity contribution in [2.75, 3.05) is 6.54 Å². The minimum Gasteiger partial charge on any atom is -0.352 e. The number of rotatable bonds is 3. The Morgan fingerprint density at radius 3 is 2.64 bits per heavy atom. The second-order valence-electron chi connectivity index (χ2n) is 5.23. The third kappa shape index (κ3) is 2.45. The van der Waals surface area contributed by atoms with Crippen molar-refractivity contribution in [1.29, 1.82) is 0 Å². The third-order valence-corrected chi connectivity index (χ3v) is 3.55. The van der Waals surface area contributed by atoms with Crippen LogP contribution in [-0.4, -0.2) is 22.6 Å². The molecule has 5 nitrogen and oxygen atoms in total. The smallest absolute Gasteiger partial charge is 0.259 e. The van der Waals surface area contributed by atoms with Gasteiger partial charge in [-0.1, -0.05) is 35.0 Å². The van der Waals surface area contributed by atoms with Crippen LogP contribution in [0.3, 0.4) is 0 Å². The van der Waals surface area contributed by atoms with Gasteiger partial charge in [-0.2, -0.15) is 0 Å². The number of carbonyl (C=O) groups excluding carboxylic acids is 1. The Kier molecular flexibility index (Phi) is 3.63. The highest BCUT2D eigenvalue weighted by Gasteiger charge is 2.18. The summed E-state index contributed by atoms with van der Waals surface area (Å²) >= 11 is 0. The fraction of sp³-hybridized carbons (Fsp3) is 0.235. The van der Waals surface area contributed by atoms with Crippen molar-refractivity contribution in [2.45, 2.75) is 20.8 Å². The van der Waals surface area contributed by atoms with Gasteiger partial charge in [0.25, 0.3) is 11.6 Å². The molecule has 0 unspecified atom stereocenters. The Morgan fingerprint density at radius 1 is 1.23 bits per heavy atom. The van der Waals surface area contributed by atoms with Crippen LogP contribution in [0.4, 0.5) is 0 Å². The molecule has 5 heteroatoms. The highest BCUT2D eigenvalue weighted by atomic mass is 16.5. The number of nitrogens with zero attached hydrogens (tertiary/aromatic N) is 2. The topological polar surface area (TPSA) is 68.0 Å². The molecule has 0 spiro atoms. The van der Waals surface area contributed by atoms with Crippen LogP contribution in [0.1, 0.15) is 28.5 Å². The number of carbonyl (C=O) groups is 1. The van der Waals surface area contributed by atoms with Crippen LogP contribution in [0.15, 0.2) is 34.9 Å². The van der Waals surface area contributed by atoms with Gasteiger partial charge in [0.2, 0.25) is 0 Å². The molecule has 112 valence electrons. The highest BCUT2D eigenvalue weighted by Crippen LogP contribution is 2.27. The molecule has 0 atom stereocenters. The number of benzene rings is 1. The van der Waals surface area contributed by atoms with Crippen molar-refractivity contribution >= 4 is 17.0 Å². The predicted molar refractivity (Wildman–Crippen MR) is 84.7 cm³/mol. The van der Waals surface area contributed by atoms with Crippen molar-refractivity contribution in [1.82, 2.24) is 15.5 Å². The Hall–Kier alpha value is -2.69. The zero-order chi connectivity index (χ0) is 15.7. The van der Waals surface area contributed by atoms with E-state index in [4.69, 9.17) is 4.52 Å². The van der Waals surface area contributed by atoms with Gasteiger partial charge in [0.05, 0.1) is 22.3 Å². The predicted octanol–water partition coefficient (Wildman–Crippen LogP) is 3.26. The standard InChI is InChI=1S/C17H17N3O2/c1-4-18-16(21)13-9-14(12-7-5-10(2)6-8-12)19-17-15(13)11(3)20-22-17/h5-9H,4H2,1-3H3,(H,18,21). The molecule has 0 aliphatic carbocycles. The first-order valence-electron chi connectivity index (χ1n) is 7.22. The van der Waals surface area contributed by atoms with Crippen molar-refractivity contribution in [3.8, 4) is 11.3 Å². The maximum absolute atomic E-state index is 12.3. The Bertz CT molecular complexity index is 835. The summed E-state index contributed by atoms with van der Waals surface area (Å²) in [5.41, 5.74) is 4.40. The van der Waals surface area contributed by atoms with Crippen LogP contribution in [0.2, 0.25) is 0 Å². The molecule has 0 aliphatic rings. The van der Waals surface area contributed by atoms with Crippen molar-refractivity contribution in [3.63, 3.8) is 0 Å². The summed E-state index contributed by atoms with van der Waals surface area (Å²) in [6.07, 6.45) is 0. The minimum absolute atomic E-state index is 0.144. The molecule has 1 amide bonds. The van der Waals surface area contributed by atoms with Crippen LogP contribution in [-0.2, 0) is 0 Å². The largest absolute Gasteiger partial charge is 0.352 e. The lowest BCUT2D eigenvalue weighted by Gasteiger charge is -2.07. The summed E-state index contributed by atoms with van der Waals surface area (Å²) in [5, 5.41) is 7.42. The van der Waals surface area contributed by atoms with Gasteiger partial charge >= 0.3 is 0 Å². The van der Waals surface area contributed by atoms with E-state index in [1.807, 2.05) is 45.0 Å². The Labute approximate surface area is 128 Å². The molecule has 1 N–H and O–H groups in total. The fourth-order valence-electron chi connectivity index (χ4n) is 2.40. The van der Waals surface area contributed by atoms with E-state index in [0.29, 0.717) is 34.6 Å². The van der Waals surface area contributed by atoms with Crippen LogP contribution in [0.5, 0.6) is 0 Å². The van der Waals surface area contributed by atoms with E-state index in [1.54, 1.807) is 6.07 Å². The SMILES string of the molecule is CCNC(=O)c1cc(-c2ccc(C)cc2)nc2onc(C)c12. The zero-order valence-corrected chi connectivity index (χ0v) is 12.8. The number of aromatic nitrogens is 2. The molecule has 0 radical (unpaired) electrons. The molecule has 3 rings (SSSR count). The highest BCUT2D eigenvalue weighted by molar-refractivity contribution is 6.06. The van der Waals surface area contributed by atoms with E-state index in [-0.39, 0.29) is 5.91 Å². The first-order chi connectivity index (χ1) is 10.6. The summed E-state index contributed by atoms with van der Waals surface area (Å²) in [4.78, 5) is 16.8. The Morgan fingerprint density at radius 2 is 1.95 bits per heavy atom. The molecule has 22 heavy (non-hydrogen) atoms. The van der Waals surface area contributed by atoms with E-state index < -0.39 is 0 Å². The van der Waals surface area contributed by atoms with Crippen molar-refractivity contribution < 1.29 is 9.32 Å². The van der Waals surface area contributed by atoms with E-state index in [9.17, 15) is 4.79 Å². The van der Waals surface area contributed by atoms with Crippen molar-refractivity contribution in [2.24, 2.45) is 0 Å². The van der Waals surface area contributed by atoms with Crippen LogP contribution in [0, 0.1) is 13.8 Å². The molecule has 0 bridgehead atoms. The van der Waals surface area contributed by atoms with Crippen LogP contribution >= 0.6 is 0 Å². The molecule has 2 heterocycles. The summed E-state index contributed by atoms with van der Waals surface area (Å²) < 4.78 is 5.26. The van der Waals surface area contributed by atoms with Gasteiger partial charge in [-0.3, -0.25) is 4.79 Å². The number of hydrogen-bond donors (Lipinski definition) is 1. The van der Waals surface area contributed by atoms with E-state index >= 15 is 0 Å². The lowest BCUT2D eigenvalue weighted by atomic mass is 10.0. The molecular formula is C17H17N3O2. The molecule has 2 aromatic heterocycles. The molecular weight excluding hydrogens is 278 g/mol. The summed E-state index contributed by atoms with van der Waals surface area (Å²) in [7, 11) is 0. The van der Waals surface area contributed by atoms with E-state index in [0.717, 1.165) is 5.56 Å². The van der Waals surface area contributed by atoms with Gasteiger partial charge in [-0.15, -0.1) is 0 Å². The Balaban J connectivity index is 2.20. The van der Waals surface area contributed by atoms with Crippen molar-refractivity contribution in [3.05, 3.63) is 47.2 Å². The number of nitrogens with one attached hydrogen (secondary N) is 1. The average molecular weight is 295 g/mol. The monoisotopic (exact) mass is 295 g/mol. The molecule has 1 aromatic carbocycles. The van der Waals surface area contributed by atoms with Gasteiger partial charge < -0.3 is 9.84 Å². The van der Waals surface area contributed by atoms with E-state index in [1.165, 1.54) is 5.56 Å². The summed E-state index contributed by atoms with van der Waals surface area (Å²) in [6.45, 7) is 6.28. The summed E-state index contributed by atoms with van der Waals surface area (Å²) in [6, 6.07) is 9.78. The van der Waals surface area contributed by atoms with Crippen LogP contribution < -0.4 is 5.32 Å². The van der Waals surface area contributed by atoms with Gasteiger partial charge in [0.1, 0.15) is 0 Å². The molecule has 0 aliphatic heterocycles. The molecule has 0 fully saturated rings. The maximum atomic E-state index is 12.3.